The van der Waals surface area contributed by atoms with Gasteiger partial charge in [0.25, 0.3) is 0 Å². The van der Waals surface area contributed by atoms with Gasteiger partial charge in [-0.05, 0) is 48.6 Å². The molecule has 0 unspecified atom stereocenters. The lowest BCUT2D eigenvalue weighted by molar-refractivity contribution is 0.926. The van der Waals surface area contributed by atoms with Crippen LogP contribution in [-0.4, -0.2) is 9.97 Å². The zero-order chi connectivity index (χ0) is 13.1. The van der Waals surface area contributed by atoms with Crippen LogP contribution >= 0.6 is 0 Å². The number of aromatic amines is 1. The minimum atomic E-state index is 1.06. The number of fused-ring (bicyclic) bond motifs is 1. The van der Waals surface area contributed by atoms with Crippen molar-refractivity contribution >= 4 is 10.9 Å². The Morgan fingerprint density at radius 2 is 1.79 bits per heavy atom. The molecule has 0 aliphatic carbocycles. The molecule has 0 fully saturated rings. The van der Waals surface area contributed by atoms with Crippen molar-refractivity contribution in [3.63, 3.8) is 0 Å². The second kappa shape index (κ2) is 5.27. The summed E-state index contributed by atoms with van der Waals surface area (Å²) in [5.41, 5.74) is 5.44. The second-order valence-electron chi connectivity index (χ2n) is 4.84. The maximum absolute atomic E-state index is 4.07. The summed E-state index contributed by atoms with van der Waals surface area (Å²) in [6.45, 7) is 2.21. The number of rotatable bonds is 4. The molecular formula is C17H18N2. The number of benzene rings is 1. The maximum atomic E-state index is 4.07. The van der Waals surface area contributed by atoms with Gasteiger partial charge in [0.1, 0.15) is 0 Å². The van der Waals surface area contributed by atoms with Gasteiger partial charge >= 0.3 is 0 Å². The van der Waals surface area contributed by atoms with Crippen molar-refractivity contribution in [2.75, 3.05) is 0 Å². The molecule has 2 nitrogen and oxygen atoms in total. The monoisotopic (exact) mass is 250 g/mol. The zero-order valence-corrected chi connectivity index (χ0v) is 11.2. The molecule has 2 heterocycles. The fourth-order valence-corrected chi connectivity index (χ4v) is 2.66. The molecular weight excluding hydrogens is 232 g/mol. The largest absolute Gasteiger partial charge is 0.358 e. The van der Waals surface area contributed by atoms with Crippen molar-refractivity contribution in [1.82, 2.24) is 9.97 Å². The van der Waals surface area contributed by atoms with Crippen LogP contribution in [0.4, 0.5) is 0 Å². The van der Waals surface area contributed by atoms with E-state index in [0.29, 0.717) is 0 Å². The third-order valence-electron chi connectivity index (χ3n) is 3.67. The van der Waals surface area contributed by atoms with Crippen LogP contribution in [0.2, 0.25) is 0 Å². The van der Waals surface area contributed by atoms with E-state index in [1.165, 1.54) is 27.7 Å². The van der Waals surface area contributed by atoms with E-state index in [-0.39, 0.29) is 0 Å². The van der Waals surface area contributed by atoms with Gasteiger partial charge in [-0.15, -0.1) is 0 Å². The van der Waals surface area contributed by atoms with Crippen LogP contribution in [0.15, 0.2) is 48.8 Å². The summed E-state index contributed by atoms with van der Waals surface area (Å²) in [6.07, 6.45) is 6.94. The van der Waals surface area contributed by atoms with Crippen molar-refractivity contribution in [2.24, 2.45) is 0 Å². The number of nitrogens with one attached hydrogen (secondary N) is 1. The third-order valence-corrected chi connectivity index (χ3v) is 3.67. The normalized spacial score (nSPS) is 11.0. The highest BCUT2D eigenvalue weighted by Gasteiger charge is 2.09. The Bertz CT molecular complexity index is 668. The molecule has 0 amide bonds. The van der Waals surface area contributed by atoms with Crippen LogP contribution < -0.4 is 0 Å². The molecule has 0 aliphatic heterocycles. The van der Waals surface area contributed by atoms with Gasteiger partial charge in [0.05, 0.1) is 0 Å². The summed E-state index contributed by atoms with van der Waals surface area (Å²) >= 11 is 0. The molecule has 0 saturated carbocycles. The quantitative estimate of drug-likeness (QED) is 0.747. The van der Waals surface area contributed by atoms with E-state index in [1.54, 1.807) is 0 Å². The number of aromatic nitrogens is 2. The summed E-state index contributed by atoms with van der Waals surface area (Å²) < 4.78 is 0. The van der Waals surface area contributed by atoms with E-state index in [9.17, 15) is 0 Å². The number of aryl methyl sites for hydroxylation is 3. The van der Waals surface area contributed by atoms with Gasteiger partial charge in [-0.3, -0.25) is 4.98 Å². The Labute approximate surface area is 113 Å². The molecule has 3 aromatic rings. The average molecular weight is 250 g/mol. The number of hydrogen-bond donors (Lipinski definition) is 1. The van der Waals surface area contributed by atoms with Crippen LogP contribution in [-0.2, 0) is 19.3 Å². The van der Waals surface area contributed by atoms with Crippen molar-refractivity contribution in [3.8, 4) is 0 Å². The molecule has 96 valence electrons. The van der Waals surface area contributed by atoms with Crippen molar-refractivity contribution < 1.29 is 0 Å². The molecule has 3 rings (SSSR count). The van der Waals surface area contributed by atoms with E-state index < -0.39 is 0 Å². The number of pyridine rings is 1. The van der Waals surface area contributed by atoms with Crippen molar-refractivity contribution in [3.05, 3.63) is 65.6 Å². The van der Waals surface area contributed by atoms with Gasteiger partial charge in [0.15, 0.2) is 0 Å². The highest BCUT2D eigenvalue weighted by Crippen LogP contribution is 2.24. The Morgan fingerprint density at radius 3 is 2.58 bits per heavy atom. The molecule has 0 radical (unpaired) electrons. The standard InChI is InChI=1S/C17H18N2/c1-2-16-15(8-7-13-9-11-18-12-10-13)14-5-3-4-6-17(14)19-16/h3-6,9-12,19H,2,7-8H2,1H3. The van der Waals surface area contributed by atoms with Crippen molar-refractivity contribution in [2.45, 2.75) is 26.2 Å². The lowest BCUT2D eigenvalue weighted by Gasteiger charge is -2.03. The maximum Gasteiger partial charge on any atom is 0.0458 e. The predicted octanol–water partition coefficient (Wildman–Crippen LogP) is 3.91. The molecule has 0 aliphatic rings. The Morgan fingerprint density at radius 1 is 1.00 bits per heavy atom. The summed E-state index contributed by atoms with van der Waals surface area (Å²) in [5.74, 6) is 0. The molecule has 2 aromatic heterocycles. The van der Waals surface area contributed by atoms with Crippen LogP contribution in [0.5, 0.6) is 0 Å². The number of H-pyrrole nitrogens is 1. The molecule has 2 heteroatoms. The Balaban J connectivity index is 1.91. The Hall–Kier alpha value is -2.09. The molecule has 0 atom stereocenters. The van der Waals surface area contributed by atoms with Crippen LogP contribution in [0.3, 0.4) is 0 Å². The molecule has 0 bridgehead atoms. The molecule has 0 saturated heterocycles. The van der Waals surface area contributed by atoms with Gasteiger partial charge in [-0.2, -0.15) is 0 Å². The smallest absolute Gasteiger partial charge is 0.0458 e. The van der Waals surface area contributed by atoms with Crippen LogP contribution in [0, 0.1) is 0 Å². The van der Waals surface area contributed by atoms with Gasteiger partial charge in [-0.1, -0.05) is 25.1 Å². The Kier molecular flexibility index (Phi) is 3.32. The fraction of sp³-hybridized carbons (Fsp3) is 0.235. The number of para-hydroxylation sites is 1. The van der Waals surface area contributed by atoms with E-state index in [2.05, 4.69) is 53.3 Å². The number of nitrogens with zero attached hydrogens (tertiary/aromatic N) is 1. The van der Waals surface area contributed by atoms with Gasteiger partial charge in [0.2, 0.25) is 0 Å². The molecule has 0 spiro atoms. The van der Waals surface area contributed by atoms with Crippen LogP contribution in [0.25, 0.3) is 10.9 Å². The topological polar surface area (TPSA) is 28.7 Å². The lowest BCUT2D eigenvalue weighted by Crippen LogP contribution is -1.94. The second-order valence-corrected chi connectivity index (χ2v) is 4.84. The molecule has 1 N–H and O–H groups in total. The van der Waals surface area contributed by atoms with Gasteiger partial charge < -0.3 is 4.98 Å². The summed E-state index contributed by atoms with van der Waals surface area (Å²) in [5, 5.41) is 1.37. The van der Waals surface area contributed by atoms with Gasteiger partial charge in [-0.25, -0.2) is 0 Å². The highest BCUT2D eigenvalue weighted by atomic mass is 14.7. The fourth-order valence-electron chi connectivity index (χ4n) is 2.66. The first-order valence-electron chi connectivity index (χ1n) is 6.86. The average Bonchev–Trinajstić information content (AvgIpc) is 2.84. The summed E-state index contributed by atoms with van der Waals surface area (Å²) in [6, 6.07) is 12.8. The predicted molar refractivity (Wildman–Crippen MR) is 79.3 cm³/mol. The van der Waals surface area contributed by atoms with E-state index in [0.717, 1.165) is 19.3 Å². The minimum Gasteiger partial charge on any atom is -0.358 e. The van der Waals surface area contributed by atoms with E-state index in [4.69, 9.17) is 0 Å². The number of hydrogen-bond acceptors (Lipinski definition) is 1. The molecule has 19 heavy (non-hydrogen) atoms. The minimum absolute atomic E-state index is 1.06. The van der Waals surface area contributed by atoms with E-state index >= 15 is 0 Å². The van der Waals surface area contributed by atoms with E-state index in [1.807, 2.05) is 12.4 Å². The first kappa shape index (κ1) is 12.0. The van der Waals surface area contributed by atoms with Gasteiger partial charge in [0, 0.05) is 29.0 Å². The van der Waals surface area contributed by atoms with Crippen molar-refractivity contribution in [1.29, 1.82) is 0 Å². The SMILES string of the molecule is CCc1[nH]c2ccccc2c1CCc1ccncc1. The molecule has 1 aromatic carbocycles. The third kappa shape index (κ3) is 2.39. The summed E-state index contributed by atoms with van der Waals surface area (Å²) in [4.78, 5) is 7.61. The summed E-state index contributed by atoms with van der Waals surface area (Å²) in [7, 11) is 0. The lowest BCUT2D eigenvalue weighted by atomic mass is 10.0. The zero-order valence-electron chi connectivity index (χ0n) is 11.2. The van der Waals surface area contributed by atoms with Crippen LogP contribution in [0.1, 0.15) is 23.7 Å². The first-order valence-corrected chi connectivity index (χ1v) is 6.86. The first-order chi connectivity index (χ1) is 9.38. The highest BCUT2D eigenvalue weighted by molar-refractivity contribution is 5.84.